The van der Waals surface area contributed by atoms with Crippen LogP contribution in [0.15, 0.2) is 4.99 Å². The molecule has 16 heavy (non-hydrogen) atoms. The lowest BCUT2D eigenvalue weighted by Gasteiger charge is -2.15. The highest BCUT2D eigenvalue weighted by Gasteiger charge is 2.27. The Morgan fingerprint density at radius 3 is 2.75 bits per heavy atom. The van der Waals surface area contributed by atoms with E-state index in [0.717, 1.165) is 6.54 Å². The smallest absolute Gasteiger partial charge is 0.347 e. The van der Waals surface area contributed by atoms with Gasteiger partial charge in [-0.05, 0) is 0 Å². The van der Waals surface area contributed by atoms with Gasteiger partial charge < -0.3 is 15.5 Å². The monoisotopic (exact) mass is 238 g/mol. The van der Waals surface area contributed by atoms with Crippen molar-refractivity contribution in [3.05, 3.63) is 0 Å². The Morgan fingerprint density at radius 1 is 1.56 bits per heavy atom. The van der Waals surface area contributed by atoms with Crippen LogP contribution in [0.1, 0.15) is 0 Å². The van der Waals surface area contributed by atoms with Crippen molar-refractivity contribution >= 4 is 11.9 Å². The summed E-state index contributed by atoms with van der Waals surface area (Å²) in [6.07, 6.45) is -4.38. The summed E-state index contributed by atoms with van der Waals surface area (Å²) in [5, 5.41) is 4.43. The van der Waals surface area contributed by atoms with Crippen molar-refractivity contribution in [2.45, 2.75) is 6.18 Å². The van der Waals surface area contributed by atoms with E-state index >= 15 is 0 Å². The van der Waals surface area contributed by atoms with Gasteiger partial charge in [-0.1, -0.05) is 0 Å². The fourth-order valence-electron chi connectivity index (χ4n) is 1.14. The zero-order valence-electron chi connectivity index (χ0n) is 8.76. The van der Waals surface area contributed by atoms with E-state index in [9.17, 15) is 18.0 Å². The van der Waals surface area contributed by atoms with Crippen LogP contribution in [0, 0.1) is 0 Å². The van der Waals surface area contributed by atoms with Crippen molar-refractivity contribution in [3.8, 4) is 0 Å². The zero-order chi connectivity index (χ0) is 12.2. The zero-order valence-corrected chi connectivity index (χ0v) is 8.76. The Bertz CT molecular complexity index is 289. The van der Waals surface area contributed by atoms with Crippen LogP contribution in [-0.2, 0) is 4.79 Å². The standard InChI is InChI=1S/C8H13F3N4O/c1-15-3-2-12-7(15)13-4-6(16)14-5-8(9,10)11/h2-5H2,1H3,(H,12,13)(H,14,16). The van der Waals surface area contributed by atoms with Gasteiger partial charge in [-0.15, -0.1) is 0 Å². The largest absolute Gasteiger partial charge is 0.405 e. The van der Waals surface area contributed by atoms with Crippen LogP contribution in [0.5, 0.6) is 0 Å². The number of rotatable bonds is 3. The summed E-state index contributed by atoms with van der Waals surface area (Å²) in [5.41, 5.74) is 0. The van der Waals surface area contributed by atoms with E-state index in [-0.39, 0.29) is 6.54 Å². The third kappa shape index (κ3) is 4.37. The molecule has 5 nitrogen and oxygen atoms in total. The highest BCUT2D eigenvalue weighted by atomic mass is 19.4. The molecular weight excluding hydrogens is 225 g/mol. The lowest BCUT2D eigenvalue weighted by Crippen LogP contribution is -2.44. The second kappa shape index (κ2) is 5.04. The summed E-state index contributed by atoms with van der Waals surface area (Å²) in [6.45, 7) is -0.148. The molecule has 0 aliphatic carbocycles. The van der Waals surface area contributed by atoms with Crippen LogP contribution in [0.25, 0.3) is 0 Å². The number of nitrogens with zero attached hydrogens (tertiary/aromatic N) is 2. The maximum atomic E-state index is 11.8. The van der Waals surface area contributed by atoms with Gasteiger partial charge in [0.05, 0.1) is 13.1 Å². The normalized spacial score (nSPS) is 16.0. The van der Waals surface area contributed by atoms with E-state index in [2.05, 4.69) is 10.3 Å². The van der Waals surface area contributed by atoms with Gasteiger partial charge in [0.2, 0.25) is 5.91 Å². The van der Waals surface area contributed by atoms with Crippen LogP contribution >= 0.6 is 0 Å². The third-order valence-electron chi connectivity index (χ3n) is 1.95. The van der Waals surface area contributed by atoms with Gasteiger partial charge in [-0.25, -0.2) is 0 Å². The van der Waals surface area contributed by atoms with Crippen LogP contribution in [-0.4, -0.2) is 56.2 Å². The molecule has 2 N–H and O–H groups in total. The van der Waals surface area contributed by atoms with Gasteiger partial charge in [0, 0.05) is 13.6 Å². The molecule has 8 heteroatoms. The molecule has 0 spiro atoms. The number of halogens is 3. The third-order valence-corrected chi connectivity index (χ3v) is 1.95. The second-order valence-corrected chi connectivity index (χ2v) is 3.37. The number of hydrogen-bond donors (Lipinski definition) is 2. The molecule has 0 bridgehead atoms. The van der Waals surface area contributed by atoms with Crippen LogP contribution < -0.4 is 10.6 Å². The summed E-state index contributed by atoms with van der Waals surface area (Å²) >= 11 is 0. The Hall–Kier alpha value is -1.47. The molecular formula is C8H13F3N4O. The highest BCUT2D eigenvalue weighted by molar-refractivity contribution is 5.87. The van der Waals surface area contributed by atoms with Gasteiger partial charge in [0.1, 0.15) is 6.54 Å². The number of hydrogen-bond acceptors (Lipinski definition) is 4. The van der Waals surface area contributed by atoms with Gasteiger partial charge in [-0.3, -0.25) is 9.79 Å². The molecule has 1 aliphatic heterocycles. The maximum Gasteiger partial charge on any atom is 0.405 e. The highest BCUT2D eigenvalue weighted by Crippen LogP contribution is 2.11. The minimum atomic E-state index is -4.38. The molecule has 0 atom stereocenters. The summed E-state index contributed by atoms with van der Waals surface area (Å²) in [6, 6.07) is 0. The molecule has 1 rings (SSSR count). The number of likely N-dealkylation sites (N-methyl/N-ethyl adjacent to an activating group) is 1. The molecule has 0 radical (unpaired) electrons. The topological polar surface area (TPSA) is 56.7 Å². The van der Waals surface area contributed by atoms with Crippen molar-refractivity contribution in [1.29, 1.82) is 0 Å². The average molecular weight is 238 g/mol. The van der Waals surface area contributed by atoms with Crippen molar-refractivity contribution in [2.75, 3.05) is 33.2 Å². The Kier molecular flexibility index (Phi) is 3.97. The molecule has 0 unspecified atom stereocenters. The molecule has 1 heterocycles. The summed E-state index contributed by atoms with van der Waals surface area (Å²) < 4.78 is 35.3. The Morgan fingerprint density at radius 2 is 2.25 bits per heavy atom. The van der Waals surface area contributed by atoms with E-state index in [4.69, 9.17) is 0 Å². The van der Waals surface area contributed by atoms with E-state index in [1.807, 2.05) is 0 Å². The number of alkyl halides is 3. The summed E-state index contributed by atoms with van der Waals surface area (Å²) in [5.74, 6) is -0.178. The first-order valence-corrected chi connectivity index (χ1v) is 4.71. The van der Waals surface area contributed by atoms with Crippen LogP contribution in [0.2, 0.25) is 0 Å². The van der Waals surface area contributed by atoms with Crippen molar-refractivity contribution in [2.24, 2.45) is 4.99 Å². The molecule has 0 saturated carbocycles. The van der Waals surface area contributed by atoms with E-state index < -0.39 is 18.6 Å². The first-order chi connectivity index (χ1) is 7.38. The Labute approximate surface area is 90.7 Å². The SMILES string of the molecule is CN1CCN=C1NCC(=O)NCC(F)(F)F. The minimum absolute atomic E-state index is 0.209. The van der Waals surface area contributed by atoms with Gasteiger partial charge in [-0.2, -0.15) is 13.2 Å². The molecule has 1 aliphatic rings. The van der Waals surface area contributed by atoms with E-state index in [0.29, 0.717) is 12.5 Å². The molecule has 92 valence electrons. The number of amides is 1. The van der Waals surface area contributed by atoms with Gasteiger partial charge in [0.25, 0.3) is 0 Å². The first kappa shape index (κ1) is 12.6. The lowest BCUT2D eigenvalue weighted by atomic mass is 10.5. The van der Waals surface area contributed by atoms with E-state index in [1.54, 1.807) is 17.3 Å². The first-order valence-electron chi connectivity index (χ1n) is 4.71. The molecule has 0 saturated heterocycles. The van der Waals surface area contributed by atoms with Crippen LogP contribution in [0.3, 0.4) is 0 Å². The quantitative estimate of drug-likeness (QED) is 0.700. The number of carbonyl (C=O) groups excluding carboxylic acids is 1. The van der Waals surface area contributed by atoms with Crippen molar-refractivity contribution in [1.82, 2.24) is 15.5 Å². The van der Waals surface area contributed by atoms with Crippen molar-refractivity contribution < 1.29 is 18.0 Å². The molecule has 0 aromatic carbocycles. The van der Waals surface area contributed by atoms with Crippen molar-refractivity contribution in [3.63, 3.8) is 0 Å². The summed E-state index contributed by atoms with van der Waals surface area (Å²) in [7, 11) is 1.78. The van der Waals surface area contributed by atoms with Crippen LogP contribution in [0.4, 0.5) is 13.2 Å². The van der Waals surface area contributed by atoms with Gasteiger partial charge >= 0.3 is 6.18 Å². The number of guanidine groups is 1. The molecule has 1 amide bonds. The number of carbonyl (C=O) groups is 1. The predicted molar refractivity (Wildman–Crippen MR) is 52.0 cm³/mol. The number of nitrogens with one attached hydrogen (secondary N) is 2. The Balaban J connectivity index is 2.20. The summed E-state index contributed by atoms with van der Waals surface area (Å²) in [4.78, 5) is 16.8. The predicted octanol–water partition coefficient (Wildman–Crippen LogP) is -0.444. The average Bonchev–Trinajstić information content (AvgIpc) is 2.57. The molecule has 0 aromatic heterocycles. The molecule has 0 fully saturated rings. The fraction of sp³-hybridized carbons (Fsp3) is 0.750. The fourth-order valence-corrected chi connectivity index (χ4v) is 1.14. The molecule has 0 aromatic rings. The van der Waals surface area contributed by atoms with E-state index in [1.165, 1.54) is 0 Å². The number of aliphatic imine (C=N–C) groups is 1. The minimum Gasteiger partial charge on any atom is -0.347 e. The second-order valence-electron chi connectivity index (χ2n) is 3.37. The maximum absolute atomic E-state index is 11.8. The van der Waals surface area contributed by atoms with Gasteiger partial charge in [0.15, 0.2) is 5.96 Å². The lowest BCUT2D eigenvalue weighted by molar-refractivity contribution is -0.137.